The standard InChI is InChI=1S/C22H21F2N3O2/c1-13-14(5-4-8-26-13)6-7-15-10-25-11-17-18-9-16(29-19(15)17)12-27(18)21(28)22(2,3)20(23)24/h4-5,8,10-11,16,18,20H,9,12H2,1-3H3/t16-,18-/m0/s1. The van der Waals surface area contributed by atoms with Gasteiger partial charge in [-0.25, -0.2) is 8.78 Å². The molecule has 2 atom stereocenters. The Morgan fingerprint density at radius 2 is 2.07 bits per heavy atom. The topological polar surface area (TPSA) is 55.3 Å². The van der Waals surface area contributed by atoms with Crippen LogP contribution < -0.4 is 4.74 Å². The van der Waals surface area contributed by atoms with Crippen molar-refractivity contribution in [3.8, 4) is 17.6 Å². The molecule has 0 aromatic carbocycles. The largest absolute Gasteiger partial charge is 0.487 e. The maximum Gasteiger partial charge on any atom is 0.252 e. The highest BCUT2D eigenvalue weighted by Crippen LogP contribution is 2.46. The molecule has 0 spiro atoms. The Hall–Kier alpha value is -3.01. The Labute approximate surface area is 168 Å². The number of likely N-dealkylation sites (tertiary alicyclic amines) is 1. The summed E-state index contributed by atoms with van der Waals surface area (Å²) in [5, 5.41) is 0. The van der Waals surface area contributed by atoms with E-state index in [1.165, 1.54) is 18.7 Å². The third-order valence-electron chi connectivity index (χ3n) is 5.53. The summed E-state index contributed by atoms with van der Waals surface area (Å²) in [4.78, 5) is 22.8. The molecular formula is C22H21F2N3O2. The fraction of sp³-hybridized carbons (Fsp3) is 0.409. The van der Waals surface area contributed by atoms with E-state index in [-0.39, 0.29) is 18.7 Å². The molecule has 2 aromatic rings. The van der Waals surface area contributed by atoms with E-state index in [2.05, 4.69) is 21.8 Å². The lowest BCUT2D eigenvalue weighted by molar-refractivity contribution is -0.149. The molecule has 4 heterocycles. The molecule has 0 unspecified atom stereocenters. The zero-order valence-corrected chi connectivity index (χ0v) is 16.4. The molecule has 7 heteroatoms. The van der Waals surface area contributed by atoms with Crippen molar-refractivity contribution in [3.63, 3.8) is 0 Å². The van der Waals surface area contributed by atoms with Crippen LogP contribution in [0, 0.1) is 24.2 Å². The number of nitrogens with zero attached hydrogens (tertiary/aromatic N) is 3. The molecule has 1 saturated heterocycles. The van der Waals surface area contributed by atoms with Gasteiger partial charge in [0.1, 0.15) is 17.3 Å². The van der Waals surface area contributed by atoms with Crippen LogP contribution in [0.4, 0.5) is 8.78 Å². The van der Waals surface area contributed by atoms with Crippen LogP contribution in [0.15, 0.2) is 30.7 Å². The molecule has 0 aliphatic carbocycles. The number of fused-ring (bicyclic) bond motifs is 4. The van der Waals surface area contributed by atoms with Crippen molar-refractivity contribution in [3.05, 3.63) is 53.1 Å². The lowest BCUT2D eigenvalue weighted by atomic mass is 9.91. The van der Waals surface area contributed by atoms with Gasteiger partial charge >= 0.3 is 0 Å². The van der Waals surface area contributed by atoms with E-state index < -0.39 is 17.7 Å². The summed E-state index contributed by atoms with van der Waals surface area (Å²) in [6.45, 7) is 4.72. The van der Waals surface area contributed by atoms with Gasteiger partial charge in [0.2, 0.25) is 5.91 Å². The zero-order chi connectivity index (χ0) is 20.8. The van der Waals surface area contributed by atoms with Crippen molar-refractivity contribution in [1.29, 1.82) is 0 Å². The number of carbonyl (C=O) groups is 1. The smallest absolute Gasteiger partial charge is 0.252 e. The van der Waals surface area contributed by atoms with Crippen LogP contribution in [0.5, 0.6) is 5.75 Å². The van der Waals surface area contributed by atoms with E-state index in [1.54, 1.807) is 18.6 Å². The molecule has 0 N–H and O–H groups in total. The van der Waals surface area contributed by atoms with E-state index in [0.29, 0.717) is 23.3 Å². The van der Waals surface area contributed by atoms with Gasteiger partial charge < -0.3 is 9.64 Å². The number of alkyl halides is 2. The maximum atomic E-state index is 13.4. The summed E-state index contributed by atoms with van der Waals surface area (Å²) in [6.07, 6.45) is 2.55. The van der Waals surface area contributed by atoms with Gasteiger partial charge in [0, 0.05) is 36.1 Å². The van der Waals surface area contributed by atoms with Crippen LogP contribution in [0.1, 0.15) is 48.7 Å². The van der Waals surface area contributed by atoms with E-state index in [4.69, 9.17) is 4.74 Å². The normalized spacial score (nSPS) is 20.0. The van der Waals surface area contributed by atoms with Crippen LogP contribution in [-0.4, -0.2) is 39.8 Å². The van der Waals surface area contributed by atoms with E-state index in [9.17, 15) is 13.6 Å². The molecule has 2 aromatic heterocycles. The second-order valence-corrected chi connectivity index (χ2v) is 7.96. The van der Waals surface area contributed by atoms with Gasteiger partial charge in [-0.2, -0.15) is 0 Å². The predicted molar refractivity (Wildman–Crippen MR) is 102 cm³/mol. The highest BCUT2D eigenvalue weighted by molar-refractivity contribution is 5.83. The molecule has 2 bridgehead atoms. The maximum absolute atomic E-state index is 13.4. The van der Waals surface area contributed by atoms with E-state index in [1.807, 2.05) is 19.1 Å². The number of aromatic nitrogens is 2. The molecular weight excluding hydrogens is 376 g/mol. The Bertz CT molecular complexity index is 1030. The summed E-state index contributed by atoms with van der Waals surface area (Å²) in [6, 6.07) is 3.37. The summed E-state index contributed by atoms with van der Waals surface area (Å²) in [5.41, 5.74) is 1.21. The average molecular weight is 397 g/mol. The van der Waals surface area contributed by atoms with Crippen molar-refractivity contribution in [1.82, 2.24) is 14.9 Å². The number of carbonyl (C=O) groups excluding carboxylic acids is 1. The fourth-order valence-electron chi connectivity index (χ4n) is 3.71. The van der Waals surface area contributed by atoms with Gasteiger partial charge in [-0.3, -0.25) is 14.8 Å². The van der Waals surface area contributed by atoms with Crippen molar-refractivity contribution in [2.24, 2.45) is 5.41 Å². The Kier molecular flexibility index (Phi) is 4.73. The Morgan fingerprint density at radius 3 is 2.79 bits per heavy atom. The highest BCUT2D eigenvalue weighted by Gasteiger charge is 2.49. The lowest BCUT2D eigenvalue weighted by Crippen LogP contribution is -2.44. The average Bonchev–Trinajstić information content (AvgIpc) is 3.04. The molecule has 1 fully saturated rings. The highest BCUT2D eigenvalue weighted by atomic mass is 19.3. The SMILES string of the molecule is Cc1ncccc1C#Cc1cncc2c1O[C@H]1C[C@@H]2N(C(=O)C(C)(C)C(F)F)C1. The molecule has 4 rings (SSSR count). The quantitative estimate of drug-likeness (QED) is 0.728. The van der Waals surface area contributed by atoms with Gasteiger partial charge in [-0.05, 0) is 32.9 Å². The third-order valence-corrected chi connectivity index (χ3v) is 5.53. The number of hydrogen-bond donors (Lipinski definition) is 0. The number of rotatable bonds is 2. The summed E-state index contributed by atoms with van der Waals surface area (Å²) < 4.78 is 32.9. The number of hydrogen-bond acceptors (Lipinski definition) is 4. The molecule has 5 nitrogen and oxygen atoms in total. The van der Waals surface area contributed by atoms with Crippen LogP contribution in [0.2, 0.25) is 0 Å². The van der Waals surface area contributed by atoms with Gasteiger partial charge in [0.15, 0.2) is 0 Å². The predicted octanol–water partition coefficient (Wildman–Crippen LogP) is 3.51. The first-order valence-electron chi connectivity index (χ1n) is 9.46. The molecule has 1 amide bonds. The first-order chi connectivity index (χ1) is 13.8. The minimum Gasteiger partial charge on any atom is -0.487 e. The fourth-order valence-corrected chi connectivity index (χ4v) is 3.71. The number of amides is 1. The van der Waals surface area contributed by atoms with Crippen LogP contribution in [-0.2, 0) is 4.79 Å². The first-order valence-corrected chi connectivity index (χ1v) is 9.46. The number of aryl methyl sites for hydroxylation is 1. The van der Waals surface area contributed by atoms with Crippen molar-refractivity contribution in [2.45, 2.75) is 45.8 Å². The minimum absolute atomic E-state index is 0.243. The van der Waals surface area contributed by atoms with Crippen molar-refractivity contribution < 1.29 is 18.3 Å². The van der Waals surface area contributed by atoms with Crippen molar-refractivity contribution in [2.75, 3.05) is 6.54 Å². The molecule has 2 aliphatic heterocycles. The summed E-state index contributed by atoms with van der Waals surface area (Å²) in [5.74, 6) is 6.19. The molecule has 2 aliphatic rings. The van der Waals surface area contributed by atoms with Crippen LogP contribution in [0.3, 0.4) is 0 Å². The second kappa shape index (κ2) is 7.11. The van der Waals surface area contributed by atoms with E-state index in [0.717, 1.165) is 11.3 Å². The number of halogens is 2. The molecule has 0 radical (unpaired) electrons. The number of pyridine rings is 2. The summed E-state index contributed by atoms with van der Waals surface area (Å²) in [7, 11) is 0. The third kappa shape index (κ3) is 3.33. The van der Waals surface area contributed by atoms with Crippen LogP contribution in [0.25, 0.3) is 0 Å². The zero-order valence-electron chi connectivity index (χ0n) is 16.4. The van der Waals surface area contributed by atoms with Crippen LogP contribution >= 0.6 is 0 Å². The number of ether oxygens (including phenoxy) is 1. The molecule has 0 saturated carbocycles. The monoisotopic (exact) mass is 397 g/mol. The Morgan fingerprint density at radius 1 is 1.31 bits per heavy atom. The van der Waals surface area contributed by atoms with Gasteiger partial charge in [-0.15, -0.1) is 0 Å². The lowest BCUT2D eigenvalue weighted by Gasteiger charge is -2.32. The summed E-state index contributed by atoms with van der Waals surface area (Å²) >= 11 is 0. The molecule has 29 heavy (non-hydrogen) atoms. The van der Waals surface area contributed by atoms with Gasteiger partial charge in [0.25, 0.3) is 6.43 Å². The van der Waals surface area contributed by atoms with Crippen molar-refractivity contribution >= 4 is 5.91 Å². The Balaban J connectivity index is 1.69. The van der Waals surface area contributed by atoms with E-state index >= 15 is 0 Å². The minimum atomic E-state index is -2.74. The van der Waals surface area contributed by atoms with Gasteiger partial charge in [-0.1, -0.05) is 11.8 Å². The molecule has 150 valence electrons. The van der Waals surface area contributed by atoms with Gasteiger partial charge in [0.05, 0.1) is 23.8 Å². The second-order valence-electron chi connectivity index (χ2n) is 7.96. The first kappa shape index (κ1) is 19.3.